The summed E-state index contributed by atoms with van der Waals surface area (Å²) in [7, 11) is 2.06. The van der Waals surface area contributed by atoms with Crippen LogP contribution in [0.2, 0.25) is 10.0 Å². The van der Waals surface area contributed by atoms with Gasteiger partial charge in [0.2, 0.25) is 0 Å². The average molecular weight is 486 g/mol. The van der Waals surface area contributed by atoms with E-state index in [0.717, 1.165) is 61.2 Å². The molecule has 1 atom stereocenters. The van der Waals surface area contributed by atoms with Gasteiger partial charge in [0.25, 0.3) is 10.9 Å². The number of nitrogens with one attached hydrogen (secondary N) is 2. The molecule has 2 N–H and O–H groups in total. The van der Waals surface area contributed by atoms with Gasteiger partial charge in [0.1, 0.15) is 11.4 Å². The number of hydrogen-bond donors (Lipinski definition) is 2. The Kier molecular flexibility index (Phi) is 7.42. The van der Waals surface area contributed by atoms with Crippen molar-refractivity contribution in [3.8, 4) is 0 Å². The summed E-state index contributed by atoms with van der Waals surface area (Å²) in [6.45, 7) is 4.38. The fourth-order valence-electron chi connectivity index (χ4n) is 4.61. The van der Waals surface area contributed by atoms with Gasteiger partial charge in [0.15, 0.2) is 0 Å². The van der Waals surface area contributed by atoms with Crippen molar-refractivity contribution >= 4 is 40.3 Å². The molecule has 4 rings (SSSR count). The molecule has 1 aliphatic heterocycles. The minimum atomic E-state index is -0.479. The van der Waals surface area contributed by atoms with Crippen molar-refractivity contribution in [3.63, 3.8) is 0 Å². The normalized spacial score (nSPS) is 16.1. The zero-order chi connectivity index (χ0) is 23.5. The Hall–Kier alpha value is -2.34. The summed E-state index contributed by atoms with van der Waals surface area (Å²) in [6, 6.07) is 11.7. The fourth-order valence-corrected chi connectivity index (χ4v) is 5.17. The molecule has 1 aliphatic rings. The van der Waals surface area contributed by atoms with Crippen LogP contribution >= 0.6 is 23.2 Å². The van der Waals surface area contributed by atoms with Gasteiger partial charge in [0.05, 0.1) is 0 Å². The minimum Gasteiger partial charge on any atom is -0.380 e. The number of nitrogens with zero attached hydrogens (tertiary/aromatic N) is 1. The van der Waals surface area contributed by atoms with Crippen molar-refractivity contribution in [2.45, 2.75) is 45.1 Å². The predicted molar refractivity (Wildman–Crippen MR) is 138 cm³/mol. The highest BCUT2D eigenvalue weighted by molar-refractivity contribution is 6.35. The third-order valence-corrected chi connectivity index (χ3v) is 6.89. The SMILES string of the molecule is CCCCCCNc1c(Nc2ccccc2[C@@H]2CN(C)Cc3c(Cl)cc(Cl)cc32)c(=O)c1=O. The second kappa shape index (κ2) is 10.3. The molecule has 0 radical (unpaired) electrons. The van der Waals surface area contributed by atoms with Gasteiger partial charge >= 0.3 is 0 Å². The molecule has 5 nitrogen and oxygen atoms in total. The third kappa shape index (κ3) is 4.96. The van der Waals surface area contributed by atoms with Gasteiger partial charge in [-0.3, -0.25) is 9.59 Å². The summed E-state index contributed by atoms with van der Waals surface area (Å²) in [5.74, 6) is 0.0237. The lowest BCUT2D eigenvalue weighted by Crippen LogP contribution is -2.37. The molecule has 174 valence electrons. The van der Waals surface area contributed by atoms with Crippen molar-refractivity contribution in [2.24, 2.45) is 0 Å². The van der Waals surface area contributed by atoms with Crippen LogP contribution < -0.4 is 21.5 Å². The van der Waals surface area contributed by atoms with Crippen LogP contribution in [-0.4, -0.2) is 25.0 Å². The third-order valence-electron chi connectivity index (χ3n) is 6.33. The van der Waals surface area contributed by atoms with Crippen LogP contribution in [-0.2, 0) is 6.54 Å². The Morgan fingerprint density at radius 1 is 1.00 bits per heavy atom. The number of para-hydroxylation sites is 1. The summed E-state index contributed by atoms with van der Waals surface area (Å²) >= 11 is 12.9. The number of unbranched alkanes of at least 4 members (excludes halogenated alkanes) is 3. The number of anilines is 3. The molecule has 3 aromatic carbocycles. The van der Waals surface area contributed by atoms with Crippen LogP contribution in [0.5, 0.6) is 0 Å². The Morgan fingerprint density at radius 2 is 1.76 bits per heavy atom. The van der Waals surface area contributed by atoms with E-state index in [-0.39, 0.29) is 5.92 Å². The van der Waals surface area contributed by atoms with Crippen molar-refractivity contribution in [1.82, 2.24) is 4.90 Å². The maximum Gasteiger partial charge on any atom is 0.253 e. The van der Waals surface area contributed by atoms with E-state index < -0.39 is 10.9 Å². The van der Waals surface area contributed by atoms with E-state index >= 15 is 0 Å². The highest BCUT2D eigenvalue weighted by atomic mass is 35.5. The fraction of sp³-hybridized carbons (Fsp3) is 0.385. The van der Waals surface area contributed by atoms with E-state index in [9.17, 15) is 9.59 Å². The average Bonchev–Trinajstić information content (AvgIpc) is 2.80. The first-order valence-corrected chi connectivity index (χ1v) is 12.3. The lowest BCUT2D eigenvalue weighted by molar-refractivity contribution is 0.295. The van der Waals surface area contributed by atoms with Crippen molar-refractivity contribution in [2.75, 3.05) is 30.8 Å². The van der Waals surface area contributed by atoms with Crippen LogP contribution in [0.25, 0.3) is 0 Å². The molecular weight excluding hydrogens is 457 g/mol. The van der Waals surface area contributed by atoms with Gasteiger partial charge in [-0.1, -0.05) is 67.6 Å². The molecule has 0 fully saturated rings. The second-order valence-corrected chi connectivity index (χ2v) is 9.66. The molecule has 0 spiro atoms. The number of hydrogen-bond acceptors (Lipinski definition) is 5. The molecule has 0 aliphatic carbocycles. The maximum absolute atomic E-state index is 12.4. The van der Waals surface area contributed by atoms with Crippen molar-refractivity contribution < 1.29 is 0 Å². The van der Waals surface area contributed by atoms with E-state index in [2.05, 4.69) is 29.5 Å². The highest BCUT2D eigenvalue weighted by Crippen LogP contribution is 2.41. The molecule has 0 saturated heterocycles. The zero-order valence-electron chi connectivity index (χ0n) is 19.0. The van der Waals surface area contributed by atoms with Gasteiger partial charge in [-0.25, -0.2) is 0 Å². The first-order valence-electron chi connectivity index (χ1n) is 11.5. The van der Waals surface area contributed by atoms with E-state index in [1.807, 2.05) is 30.3 Å². The molecule has 0 aromatic heterocycles. The van der Waals surface area contributed by atoms with Gasteiger partial charge in [0, 0.05) is 41.3 Å². The lowest BCUT2D eigenvalue weighted by Gasteiger charge is -2.34. The van der Waals surface area contributed by atoms with Crippen LogP contribution in [0.1, 0.15) is 55.2 Å². The minimum absolute atomic E-state index is 0.0237. The number of likely N-dealkylation sites (N-methyl/N-ethyl adjacent to an activating group) is 1. The number of fused-ring (bicyclic) bond motifs is 1. The van der Waals surface area contributed by atoms with Crippen LogP contribution in [0.15, 0.2) is 46.0 Å². The Balaban J connectivity index is 1.63. The van der Waals surface area contributed by atoms with Crippen LogP contribution in [0, 0.1) is 0 Å². The summed E-state index contributed by atoms with van der Waals surface area (Å²) in [5.41, 5.74) is 3.80. The van der Waals surface area contributed by atoms with E-state index in [1.54, 1.807) is 6.07 Å². The summed E-state index contributed by atoms with van der Waals surface area (Å²) < 4.78 is 0. The summed E-state index contributed by atoms with van der Waals surface area (Å²) in [5, 5.41) is 7.70. The Labute approximate surface area is 204 Å². The molecular formula is C26H29Cl2N3O2. The van der Waals surface area contributed by atoms with E-state index in [1.165, 1.54) is 0 Å². The predicted octanol–water partition coefficient (Wildman–Crippen LogP) is 5.90. The van der Waals surface area contributed by atoms with Gasteiger partial charge in [-0.2, -0.15) is 0 Å². The van der Waals surface area contributed by atoms with Gasteiger partial charge in [-0.05, 0) is 48.4 Å². The number of benzene rings is 2. The lowest BCUT2D eigenvalue weighted by atomic mass is 9.84. The maximum atomic E-state index is 12.4. The topological polar surface area (TPSA) is 61.4 Å². The largest absolute Gasteiger partial charge is 0.380 e. The molecule has 0 unspecified atom stereocenters. The number of halogens is 2. The van der Waals surface area contributed by atoms with Crippen molar-refractivity contribution in [3.05, 3.63) is 83.6 Å². The molecule has 7 heteroatoms. The quantitative estimate of drug-likeness (QED) is 0.291. The second-order valence-electron chi connectivity index (χ2n) is 8.81. The monoisotopic (exact) mass is 485 g/mol. The Bertz CT molecular complexity index is 1220. The highest BCUT2D eigenvalue weighted by Gasteiger charge is 2.29. The van der Waals surface area contributed by atoms with Gasteiger partial charge < -0.3 is 15.5 Å². The summed E-state index contributed by atoms with van der Waals surface area (Å²) in [6.07, 6.45) is 4.39. The molecule has 0 amide bonds. The van der Waals surface area contributed by atoms with Crippen LogP contribution in [0.4, 0.5) is 17.1 Å². The Morgan fingerprint density at radius 3 is 2.55 bits per heavy atom. The van der Waals surface area contributed by atoms with Crippen LogP contribution in [0.3, 0.4) is 0 Å². The first-order chi connectivity index (χ1) is 15.9. The summed E-state index contributed by atoms with van der Waals surface area (Å²) in [4.78, 5) is 26.8. The molecule has 1 heterocycles. The van der Waals surface area contributed by atoms with E-state index in [4.69, 9.17) is 23.2 Å². The molecule has 33 heavy (non-hydrogen) atoms. The smallest absolute Gasteiger partial charge is 0.253 e. The molecule has 3 aromatic rings. The van der Waals surface area contributed by atoms with E-state index in [0.29, 0.717) is 28.0 Å². The van der Waals surface area contributed by atoms with Gasteiger partial charge in [-0.15, -0.1) is 0 Å². The zero-order valence-corrected chi connectivity index (χ0v) is 20.5. The first kappa shape index (κ1) is 23.8. The number of rotatable bonds is 9. The molecule has 0 bridgehead atoms. The standard InChI is InChI=1S/C26H29Cl2N3O2/c1-3-4-5-8-11-29-23-24(26(33)25(23)32)30-22-10-7-6-9-17(22)19-14-31(2)15-20-18(19)12-16(27)13-21(20)28/h6-7,9-10,12-13,19,29-30H,3-5,8,11,14-15H2,1-2H3/t19-/m0/s1. The van der Waals surface area contributed by atoms with Crippen molar-refractivity contribution in [1.29, 1.82) is 0 Å². The molecule has 0 saturated carbocycles.